The fourth-order valence-corrected chi connectivity index (χ4v) is 3.39. The van der Waals surface area contributed by atoms with Gasteiger partial charge < -0.3 is 10.4 Å². The van der Waals surface area contributed by atoms with Crippen molar-refractivity contribution < 1.29 is 5.11 Å². The average molecular weight is 332 g/mol. The third kappa shape index (κ3) is 3.19. The molecular weight excluding hydrogens is 308 g/mol. The van der Waals surface area contributed by atoms with Crippen LogP contribution in [0, 0.1) is 5.92 Å². The molecule has 0 amide bonds. The van der Waals surface area contributed by atoms with Crippen molar-refractivity contribution in [3.63, 3.8) is 0 Å². The van der Waals surface area contributed by atoms with E-state index >= 15 is 0 Å². The van der Waals surface area contributed by atoms with Gasteiger partial charge >= 0.3 is 5.69 Å². The number of hydrogen-bond acceptors (Lipinski definition) is 6. The number of aryl methyl sites for hydroxylation is 2. The first-order valence-corrected chi connectivity index (χ1v) is 8.32. The number of nitrogens with zero attached hydrogens (tertiary/aromatic N) is 5. The zero-order valence-electron chi connectivity index (χ0n) is 14.3. The first-order valence-electron chi connectivity index (χ1n) is 8.32. The van der Waals surface area contributed by atoms with Crippen LogP contribution in [-0.4, -0.2) is 42.1 Å². The molecule has 8 nitrogen and oxygen atoms in total. The van der Waals surface area contributed by atoms with Crippen LogP contribution in [0.1, 0.15) is 37.2 Å². The molecule has 0 radical (unpaired) electrons. The second-order valence-electron chi connectivity index (χ2n) is 6.45. The van der Waals surface area contributed by atoms with E-state index in [1.807, 2.05) is 6.07 Å². The molecule has 8 heteroatoms. The van der Waals surface area contributed by atoms with Gasteiger partial charge in [0.05, 0.1) is 6.10 Å². The minimum atomic E-state index is -0.410. The number of nitrogens with one attached hydrogen (secondary N) is 1. The van der Waals surface area contributed by atoms with Crippen LogP contribution in [0.5, 0.6) is 0 Å². The lowest BCUT2D eigenvalue weighted by Crippen LogP contribution is -2.22. The Hall–Kier alpha value is -2.22. The Morgan fingerprint density at radius 3 is 2.79 bits per heavy atom. The highest BCUT2D eigenvalue weighted by Gasteiger charge is 2.36. The van der Waals surface area contributed by atoms with Gasteiger partial charge in [0.25, 0.3) is 0 Å². The van der Waals surface area contributed by atoms with Gasteiger partial charge in [0.15, 0.2) is 0 Å². The number of aromatic nitrogens is 5. The summed E-state index contributed by atoms with van der Waals surface area (Å²) in [6, 6.07) is 1.93. The number of anilines is 1. The largest absolute Gasteiger partial charge is 0.393 e. The Bertz CT molecular complexity index is 768. The molecule has 24 heavy (non-hydrogen) atoms. The van der Waals surface area contributed by atoms with E-state index < -0.39 is 6.10 Å². The quantitative estimate of drug-likeness (QED) is 0.824. The molecule has 0 saturated heterocycles. The number of aliphatic hydroxyl groups is 1. The lowest BCUT2D eigenvalue weighted by Gasteiger charge is -2.15. The van der Waals surface area contributed by atoms with Gasteiger partial charge in [-0.2, -0.15) is 5.10 Å². The first kappa shape index (κ1) is 16.6. The minimum absolute atomic E-state index is 0.0994. The molecular formula is C16H24N6O2. The van der Waals surface area contributed by atoms with Crippen LogP contribution in [0.15, 0.2) is 17.2 Å². The van der Waals surface area contributed by atoms with Crippen molar-refractivity contribution in [3.05, 3.63) is 34.4 Å². The smallest absolute Gasteiger partial charge is 0.345 e. The third-order valence-electron chi connectivity index (χ3n) is 4.81. The van der Waals surface area contributed by atoms with E-state index in [9.17, 15) is 9.90 Å². The van der Waals surface area contributed by atoms with Crippen LogP contribution < -0.4 is 11.0 Å². The van der Waals surface area contributed by atoms with E-state index in [4.69, 9.17) is 0 Å². The zero-order chi connectivity index (χ0) is 17.3. The van der Waals surface area contributed by atoms with Crippen molar-refractivity contribution in [1.82, 2.24) is 24.3 Å². The molecule has 0 unspecified atom stereocenters. The van der Waals surface area contributed by atoms with Gasteiger partial charge in [-0.25, -0.2) is 19.4 Å². The molecule has 3 rings (SSSR count). The maximum atomic E-state index is 11.9. The molecule has 1 aliphatic rings. The topological polar surface area (TPSA) is 97.9 Å². The molecule has 2 aromatic heterocycles. The lowest BCUT2D eigenvalue weighted by molar-refractivity contribution is 0.137. The van der Waals surface area contributed by atoms with Gasteiger partial charge in [-0.05, 0) is 19.3 Å². The van der Waals surface area contributed by atoms with Gasteiger partial charge in [-0.15, -0.1) is 0 Å². The molecule has 0 spiro atoms. The molecule has 1 fully saturated rings. The van der Waals surface area contributed by atoms with E-state index in [0.717, 1.165) is 30.2 Å². The van der Waals surface area contributed by atoms with Crippen LogP contribution in [-0.2, 0) is 20.5 Å². The Balaban J connectivity index is 1.65. The molecule has 0 bridgehead atoms. The van der Waals surface area contributed by atoms with Gasteiger partial charge in [0.1, 0.15) is 18.0 Å². The molecule has 1 saturated carbocycles. The number of rotatable bonds is 5. The lowest BCUT2D eigenvalue weighted by atomic mass is 10.0. The highest BCUT2D eigenvalue weighted by atomic mass is 16.3. The van der Waals surface area contributed by atoms with Crippen molar-refractivity contribution in [2.75, 3.05) is 11.9 Å². The average Bonchev–Trinajstić information content (AvgIpc) is 3.08. The van der Waals surface area contributed by atoms with Crippen LogP contribution in [0.3, 0.4) is 0 Å². The summed E-state index contributed by atoms with van der Waals surface area (Å²) in [5, 5.41) is 18.0. The standard InChI is InChI=1S/C16H24N6O2/c1-4-12-7-14(19-9-18-12)17-8-11-5-10(6-13(11)23)15-20-22(3)16(24)21(15)2/h7,9-11,13,23H,4-6,8H2,1-3H3,(H,17,18,19)/t10-,11+,13+/m0/s1. The van der Waals surface area contributed by atoms with E-state index in [1.54, 1.807) is 25.0 Å². The molecule has 2 N–H and O–H groups in total. The third-order valence-corrected chi connectivity index (χ3v) is 4.81. The van der Waals surface area contributed by atoms with Gasteiger partial charge in [-0.3, -0.25) is 4.57 Å². The summed E-state index contributed by atoms with van der Waals surface area (Å²) in [5.41, 5.74) is 0.856. The van der Waals surface area contributed by atoms with Crippen molar-refractivity contribution in [1.29, 1.82) is 0 Å². The number of hydrogen-bond donors (Lipinski definition) is 2. The second kappa shape index (κ2) is 6.72. The van der Waals surface area contributed by atoms with Crippen molar-refractivity contribution in [3.8, 4) is 0 Å². The molecule has 130 valence electrons. The maximum absolute atomic E-state index is 11.9. The fraction of sp³-hybridized carbons (Fsp3) is 0.625. The van der Waals surface area contributed by atoms with E-state index in [1.165, 1.54) is 4.68 Å². The zero-order valence-corrected chi connectivity index (χ0v) is 14.3. The van der Waals surface area contributed by atoms with Gasteiger partial charge in [0, 0.05) is 44.2 Å². The molecule has 1 aliphatic carbocycles. The summed E-state index contributed by atoms with van der Waals surface area (Å²) in [5.74, 6) is 1.73. The Kier molecular flexibility index (Phi) is 4.66. The summed E-state index contributed by atoms with van der Waals surface area (Å²) in [4.78, 5) is 20.3. The number of aliphatic hydroxyl groups excluding tert-OH is 1. The van der Waals surface area contributed by atoms with Crippen LogP contribution in [0.4, 0.5) is 5.82 Å². The van der Waals surface area contributed by atoms with Crippen LogP contribution >= 0.6 is 0 Å². The second-order valence-corrected chi connectivity index (χ2v) is 6.45. The van der Waals surface area contributed by atoms with E-state index in [-0.39, 0.29) is 17.5 Å². The Morgan fingerprint density at radius 1 is 1.33 bits per heavy atom. The normalized spacial score (nSPS) is 23.6. The molecule has 2 heterocycles. The highest BCUT2D eigenvalue weighted by Crippen LogP contribution is 2.37. The Morgan fingerprint density at radius 2 is 2.12 bits per heavy atom. The molecule has 2 aromatic rings. The van der Waals surface area contributed by atoms with Gasteiger partial charge in [-0.1, -0.05) is 6.92 Å². The SMILES string of the molecule is CCc1cc(NC[C@H]2C[C@H](c3nn(C)c(=O)n3C)C[C@H]2O)ncn1. The summed E-state index contributed by atoms with van der Waals surface area (Å²) < 4.78 is 2.92. The first-order chi connectivity index (χ1) is 11.5. The monoisotopic (exact) mass is 332 g/mol. The van der Waals surface area contributed by atoms with Gasteiger partial charge in [0.2, 0.25) is 0 Å². The molecule has 0 aromatic carbocycles. The highest BCUT2D eigenvalue weighted by molar-refractivity contribution is 5.35. The molecule has 0 aliphatic heterocycles. The van der Waals surface area contributed by atoms with Crippen LogP contribution in [0.25, 0.3) is 0 Å². The van der Waals surface area contributed by atoms with Crippen LogP contribution in [0.2, 0.25) is 0 Å². The Labute approximate surface area is 140 Å². The van der Waals surface area contributed by atoms with Crippen molar-refractivity contribution in [2.24, 2.45) is 20.0 Å². The summed E-state index contributed by atoms with van der Waals surface area (Å²) in [7, 11) is 3.38. The predicted octanol–water partition coefficient (Wildman–Crippen LogP) is 0.438. The van der Waals surface area contributed by atoms with Crippen molar-refractivity contribution in [2.45, 2.75) is 38.2 Å². The van der Waals surface area contributed by atoms with E-state index in [0.29, 0.717) is 13.0 Å². The summed E-state index contributed by atoms with van der Waals surface area (Å²) in [6.07, 6.45) is 3.43. The molecule has 3 atom stereocenters. The fourth-order valence-electron chi connectivity index (χ4n) is 3.39. The summed E-state index contributed by atoms with van der Waals surface area (Å²) >= 11 is 0. The minimum Gasteiger partial charge on any atom is -0.393 e. The predicted molar refractivity (Wildman–Crippen MR) is 89.8 cm³/mol. The maximum Gasteiger partial charge on any atom is 0.345 e. The van der Waals surface area contributed by atoms with Crippen molar-refractivity contribution >= 4 is 5.82 Å². The summed E-state index contributed by atoms with van der Waals surface area (Å²) in [6.45, 7) is 2.69. The van der Waals surface area contributed by atoms with E-state index in [2.05, 4.69) is 27.3 Å².